The van der Waals surface area contributed by atoms with Crippen molar-refractivity contribution in [2.75, 3.05) is 17.1 Å². The van der Waals surface area contributed by atoms with E-state index in [0.717, 1.165) is 27.3 Å². The molecule has 34 heavy (non-hydrogen) atoms. The first-order valence-corrected chi connectivity index (χ1v) is 13.5. The molecule has 0 saturated heterocycles. The molecule has 2 amide bonds. The summed E-state index contributed by atoms with van der Waals surface area (Å²) in [6.07, 6.45) is 1.45. The Morgan fingerprint density at radius 3 is 2.21 bits per heavy atom. The Morgan fingerprint density at radius 1 is 1.06 bits per heavy atom. The minimum Gasteiger partial charge on any atom is -0.352 e. The lowest BCUT2D eigenvalue weighted by Crippen LogP contribution is -2.53. The summed E-state index contributed by atoms with van der Waals surface area (Å²) in [6, 6.07) is 11.5. The van der Waals surface area contributed by atoms with Gasteiger partial charge in [-0.1, -0.05) is 42.8 Å². The molecule has 0 aromatic heterocycles. The highest BCUT2D eigenvalue weighted by molar-refractivity contribution is 7.92. The van der Waals surface area contributed by atoms with Crippen LogP contribution in [0.2, 0.25) is 5.02 Å². The smallest absolute Gasteiger partial charge is 0.244 e. The topological polar surface area (TPSA) is 86.8 Å². The number of hydrogen-bond acceptors (Lipinski definition) is 4. The number of nitrogens with zero attached hydrogens (tertiary/aromatic N) is 2. The Labute approximate surface area is 208 Å². The van der Waals surface area contributed by atoms with Crippen molar-refractivity contribution in [3.8, 4) is 0 Å². The second kappa shape index (κ2) is 11.7. The van der Waals surface area contributed by atoms with E-state index < -0.39 is 28.5 Å². The first-order valence-electron chi connectivity index (χ1n) is 11.2. The maximum Gasteiger partial charge on any atom is 0.244 e. The van der Waals surface area contributed by atoms with Crippen molar-refractivity contribution in [3.05, 3.63) is 64.2 Å². The summed E-state index contributed by atoms with van der Waals surface area (Å²) in [5.41, 5.74) is 2.92. The zero-order chi connectivity index (χ0) is 25.6. The van der Waals surface area contributed by atoms with Crippen LogP contribution in [0.5, 0.6) is 0 Å². The zero-order valence-corrected chi connectivity index (χ0v) is 22.2. The van der Waals surface area contributed by atoms with Crippen molar-refractivity contribution in [3.63, 3.8) is 0 Å². The van der Waals surface area contributed by atoms with Crippen molar-refractivity contribution in [1.82, 2.24) is 10.2 Å². The highest BCUT2D eigenvalue weighted by Gasteiger charge is 2.32. The summed E-state index contributed by atoms with van der Waals surface area (Å²) >= 11 is 6.00. The largest absolute Gasteiger partial charge is 0.352 e. The first kappa shape index (κ1) is 27.7. The average Bonchev–Trinajstić information content (AvgIpc) is 2.74. The Balaban J connectivity index is 2.48. The summed E-state index contributed by atoms with van der Waals surface area (Å²) < 4.78 is 26.6. The SMILES string of the molecule is CC[C@H](C(=O)NC(C)C)N(Cc1ccc(Cl)cc1)C(=O)CN(c1cccc(C)c1C)S(C)(=O)=O. The lowest BCUT2D eigenvalue weighted by molar-refractivity contribution is -0.140. The van der Waals surface area contributed by atoms with Crippen LogP contribution in [0.3, 0.4) is 0 Å². The molecule has 0 aliphatic heterocycles. The molecule has 1 atom stereocenters. The van der Waals surface area contributed by atoms with E-state index in [0.29, 0.717) is 17.1 Å². The Bertz CT molecular complexity index is 1120. The van der Waals surface area contributed by atoms with Gasteiger partial charge < -0.3 is 10.2 Å². The summed E-state index contributed by atoms with van der Waals surface area (Å²) in [5.74, 6) is -0.746. The molecule has 0 aliphatic carbocycles. The molecular weight excluding hydrogens is 474 g/mol. The van der Waals surface area contributed by atoms with E-state index in [1.165, 1.54) is 4.90 Å². The second-order valence-corrected chi connectivity index (χ2v) is 11.1. The second-order valence-electron chi connectivity index (χ2n) is 8.72. The highest BCUT2D eigenvalue weighted by atomic mass is 35.5. The third-order valence-electron chi connectivity index (χ3n) is 5.61. The minimum atomic E-state index is -3.77. The number of nitrogens with one attached hydrogen (secondary N) is 1. The van der Waals surface area contributed by atoms with Crippen LogP contribution >= 0.6 is 11.6 Å². The highest BCUT2D eigenvalue weighted by Crippen LogP contribution is 2.25. The monoisotopic (exact) mass is 507 g/mol. The molecule has 0 spiro atoms. The van der Waals surface area contributed by atoms with Gasteiger partial charge in [0.15, 0.2) is 0 Å². The Hall–Kier alpha value is -2.58. The van der Waals surface area contributed by atoms with Crippen LogP contribution in [-0.2, 0) is 26.2 Å². The summed E-state index contributed by atoms with van der Waals surface area (Å²) in [6.45, 7) is 8.96. The molecular formula is C25H34ClN3O4S. The minimum absolute atomic E-state index is 0.100. The fourth-order valence-electron chi connectivity index (χ4n) is 3.69. The number of anilines is 1. The van der Waals surface area contributed by atoms with Gasteiger partial charge in [-0.15, -0.1) is 0 Å². The lowest BCUT2D eigenvalue weighted by atomic mass is 10.1. The number of carbonyl (C=O) groups is 2. The molecule has 0 unspecified atom stereocenters. The van der Waals surface area contributed by atoms with Gasteiger partial charge in [-0.2, -0.15) is 0 Å². The molecule has 0 fully saturated rings. The number of hydrogen-bond donors (Lipinski definition) is 1. The van der Waals surface area contributed by atoms with E-state index in [2.05, 4.69) is 5.32 Å². The third kappa shape index (κ3) is 7.21. The van der Waals surface area contributed by atoms with E-state index in [4.69, 9.17) is 11.6 Å². The van der Waals surface area contributed by atoms with E-state index >= 15 is 0 Å². The molecule has 7 nitrogen and oxygen atoms in total. The molecule has 9 heteroatoms. The van der Waals surface area contributed by atoms with Gasteiger partial charge in [0.1, 0.15) is 12.6 Å². The fourth-order valence-corrected chi connectivity index (χ4v) is 4.71. The first-order chi connectivity index (χ1) is 15.8. The van der Waals surface area contributed by atoms with Crippen molar-refractivity contribution >= 4 is 39.1 Å². The molecule has 2 aromatic rings. The third-order valence-corrected chi connectivity index (χ3v) is 6.99. The number of rotatable bonds is 10. The maximum absolute atomic E-state index is 13.6. The lowest BCUT2D eigenvalue weighted by Gasteiger charge is -2.33. The van der Waals surface area contributed by atoms with Crippen LogP contribution in [0.4, 0.5) is 5.69 Å². The van der Waals surface area contributed by atoms with Gasteiger partial charge in [0, 0.05) is 17.6 Å². The number of sulfonamides is 1. The number of aryl methyl sites for hydroxylation is 1. The molecule has 0 heterocycles. The predicted octanol–water partition coefficient (Wildman–Crippen LogP) is 4.05. The molecule has 186 valence electrons. The van der Waals surface area contributed by atoms with E-state index in [1.807, 2.05) is 40.7 Å². The molecule has 0 aliphatic rings. The normalized spacial score (nSPS) is 12.4. The molecule has 0 bridgehead atoms. The Kier molecular flexibility index (Phi) is 9.53. The van der Waals surface area contributed by atoms with Crippen molar-refractivity contribution in [2.24, 2.45) is 0 Å². The van der Waals surface area contributed by atoms with Crippen LogP contribution in [0.15, 0.2) is 42.5 Å². The van der Waals surface area contributed by atoms with Crippen molar-refractivity contribution < 1.29 is 18.0 Å². The van der Waals surface area contributed by atoms with Crippen LogP contribution in [0, 0.1) is 13.8 Å². The Morgan fingerprint density at radius 2 is 1.68 bits per heavy atom. The van der Waals surface area contributed by atoms with Gasteiger partial charge in [0.05, 0.1) is 11.9 Å². The number of benzene rings is 2. The van der Waals surface area contributed by atoms with E-state index in [-0.39, 0.29) is 18.5 Å². The fraction of sp³-hybridized carbons (Fsp3) is 0.440. The predicted molar refractivity (Wildman–Crippen MR) is 137 cm³/mol. The molecule has 0 saturated carbocycles. The van der Waals surface area contributed by atoms with Crippen molar-refractivity contribution in [2.45, 2.75) is 59.7 Å². The van der Waals surface area contributed by atoms with Gasteiger partial charge in [-0.3, -0.25) is 13.9 Å². The number of amides is 2. The molecule has 1 N–H and O–H groups in total. The van der Waals surface area contributed by atoms with Crippen molar-refractivity contribution in [1.29, 1.82) is 0 Å². The number of halogens is 1. The van der Waals surface area contributed by atoms with Crippen LogP contribution in [-0.4, -0.2) is 50.0 Å². The molecule has 0 radical (unpaired) electrons. The summed E-state index contributed by atoms with van der Waals surface area (Å²) in [4.78, 5) is 28.1. The van der Waals surface area contributed by atoms with Gasteiger partial charge >= 0.3 is 0 Å². The summed E-state index contributed by atoms with van der Waals surface area (Å²) in [5, 5.41) is 3.43. The van der Waals surface area contributed by atoms with Crippen LogP contribution < -0.4 is 9.62 Å². The van der Waals surface area contributed by atoms with Crippen LogP contribution in [0.25, 0.3) is 0 Å². The van der Waals surface area contributed by atoms with E-state index in [1.54, 1.807) is 36.4 Å². The summed E-state index contributed by atoms with van der Waals surface area (Å²) in [7, 11) is -3.77. The van der Waals surface area contributed by atoms with Gasteiger partial charge in [0.25, 0.3) is 0 Å². The standard InChI is InChI=1S/C25H34ClN3O4S/c1-7-22(25(31)27-17(2)3)28(15-20-11-13-21(26)14-12-20)24(30)16-29(34(6,32)33)23-10-8-9-18(4)19(23)5/h8-14,17,22H,7,15-16H2,1-6H3,(H,27,31)/t22-/m1/s1. The van der Waals surface area contributed by atoms with Gasteiger partial charge in [0.2, 0.25) is 21.8 Å². The maximum atomic E-state index is 13.6. The van der Waals surface area contributed by atoms with E-state index in [9.17, 15) is 18.0 Å². The molecule has 2 rings (SSSR count). The zero-order valence-electron chi connectivity index (χ0n) is 20.6. The average molecular weight is 508 g/mol. The number of carbonyl (C=O) groups excluding carboxylic acids is 2. The van der Waals surface area contributed by atoms with Gasteiger partial charge in [-0.05, 0) is 69.0 Å². The van der Waals surface area contributed by atoms with Gasteiger partial charge in [-0.25, -0.2) is 8.42 Å². The quantitative estimate of drug-likeness (QED) is 0.525. The van der Waals surface area contributed by atoms with Crippen LogP contribution in [0.1, 0.15) is 43.9 Å². The molecule has 2 aromatic carbocycles.